The van der Waals surface area contributed by atoms with Gasteiger partial charge in [0.05, 0.1) is 12.1 Å². The molecule has 0 radical (unpaired) electrons. The fourth-order valence-electron chi connectivity index (χ4n) is 2.68. The van der Waals surface area contributed by atoms with Crippen molar-refractivity contribution in [1.29, 1.82) is 0 Å². The molecule has 0 bridgehead atoms. The molecule has 2 heteroatoms. The minimum Gasteiger partial charge on any atom is -0.493 e. The van der Waals surface area contributed by atoms with E-state index in [0.29, 0.717) is 0 Å². The quantitative estimate of drug-likeness (QED) is 0.655. The van der Waals surface area contributed by atoms with Gasteiger partial charge in [-0.1, -0.05) is 42.8 Å². The molecule has 0 atom stereocenters. The SMILES string of the molecule is CCCOc1cccc2c1ccn2Cc1cccc(C)c1. The number of hydrogen-bond donors (Lipinski definition) is 0. The zero-order valence-corrected chi connectivity index (χ0v) is 12.7. The van der Waals surface area contributed by atoms with Crippen LogP contribution in [0.25, 0.3) is 10.9 Å². The fourth-order valence-corrected chi connectivity index (χ4v) is 2.68. The first-order chi connectivity index (χ1) is 10.3. The normalized spacial score (nSPS) is 11.0. The summed E-state index contributed by atoms with van der Waals surface area (Å²) in [7, 11) is 0. The van der Waals surface area contributed by atoms with Gasteiger partial charge >= 0.3 is 0 Å². The van der Waals surface area contributed by atoms with Crippen LogP contribution in [0, 0.1) is 6.92 Å². The summed E-state index contributed by atoms with van der Waals surface area (Å²) in [6, 6.07) is 17.1. The van der Waals surface area contributed by atoms with Crippen LogP contribution in [0.3, 0.4) is 0 Å². The topological polar surface area (TPSA) is 14.2 Å². The summed E-state index contributed by atoms with van der Waals surface area (Å²) in [6.45, 7) is 5.92. The van der Waals surface area contributed by atoms with Gasteiger partial charge in [0, 0.05) is 18.1 Å². The highest BCUT2D eigenvalue weighted by Gasteiger charge is 2.06. The molecule has 0 amide bonds. The summed E-state index contributed by atoms with van der Waals surface area (Å²) in [6.07, 6.45) is 3.17. The Kier molecular flexibility index (Phi) is 3.96. The van der Waals surface area contributed by atoms with Gasteiger partial charge < -0.3 is 9.30 Å². The van der Waals surface area contributed by atoms with Gasteiger partial charge in [0.25, 0.3) is 0 Å². The summed E-state index contributed by atoms with van der Waals surface area (Å²) < 4.78 is 8.12. The molecule has 0 saturated carbocycles. The second-order valence-corrected chi connectivity index (χ2v) is 5.47. The highest BCUT2D eigenvalue weighted by atomic mass is 16.5. The highest BCUT2D eigenvalue weighted by molar-refractivity contribution is 5.86. The molecule has 0 spiro atoms. The Bertz CT molecular complexity index is 742. The van der Waals surface area contributed by atoms with Gasteiger partial charge in [-0.2, -0.15) is 0 Å². The molecule has 1 heterocycles. The molecule has 0 saturated heterocycles. The lowest BCUT2D eigenvalue weighted by Crippen LogP contribution is -1.99. The molecular formula is C19H21NO. The maximum absolute atomic E-state index is 5.84. The fraction of sp³-hybridized carbons (Fsp3) is 0.263. The largest absolute Gasteiger partial charge is 0.493 e. The van der Waals surface area contributed by atoms with Crippen molar-refractivity contribution < 1.29 is 4.74 Å². The second kappa shape index (κ2) is 6.04. The van der Waals surface area contributed by atoms with Crippen molar-refractivity contribution in [3.63, 3.8) is 0 Å². The molecule has 21 heavy (non-hydrogen) atoms. The lowest BCUT2D eigenvalue weighted by Gasteiger charge is -2.09. The number of benzene rings is 2. The van der Waals surface area contributed by atoms with Gasteiger partial charge in [-0.25, -0.2) is 0 Å². The standard InChI is InChI=1S/C19H21NO/c1-3-12-21-19-9-5-8-18-17(19)10-11-20(18)14-16-7-4-6-15(2)13-16/h4-11,13H,3,12,14H2,1-2H3. The molecule has 2 nitrogen and oxygen atoms in total. The molecule has 2 aromatic carbocycles. The third kappa shape index (κ3) is 2.94. The molecule has 108 valence electrons. The van der Waals surface area contributed by atoms with E-state index in [0.717, 1.165) is 25.3 Å². The van der Waals surface area contributed by atoms with Crippen LogP contribution in [0.2, 0.25) is 0 Å². The molecule has 0 aliphatic rings. The van der Waals surface area contributed by atoms with Crippen LogP contribution >= 0.6 is 0 Å². The van der Waals surface area contributed by atoms with Crippen LogP contribution in [0.5, 0.6) is 5.75 Å². The minimum absolute atomic E-state index is 0.766. The summed E-state index contributed by atoms with van der Waals surface area (Å²) in [4.78, 5) is 0. The molecule has 0 aliphatic carbocycles. The first-order valence-electron chi connectivity index (χ1n) is 7.54. The van der Waals surface area contributed by atoms with Gasteiger partial charge in [-0.05, 0) is 37.1 Å². The smallest absolute Gasteiger partial charge is 0.128 e. The van der Waals surface area contributed by atoms with E-state index in [9.17, 15) is 0 Å². The predicted octanol–water partition coefficient (Wildman–Crippen LogP) is 4.79. The number of fused-ring (bicyclic) bond motifs is 1. The van der Waals surface area contributed by atoms with E-state index in [1.165, 1.54) is 22.0 Å². The maximum Gasteiger partial charge on any atom is 0.128 e. The summed E-state index contributed by atoms with van der Waals surface area (Å²) in [5.74, 6) is 0.984. The summed E-state index contributed by atoms with van der Waals surface area (Å²) >= 11 is 0. The lowest BCUT2D eigenvalue weighted by atomic mass is 10.1. The van der Waals surface area contributed by atoms with Crippen molar-refractivity contribution in [2.75, 3.05) is 6.61 Å². The predicted molar refractivity (Wildman–Crippen MR) is 88.0 cm³/mol. The van der Waals surface area contributed by atoms with Gasteiger partial charge in [-0.3, -0.25) is 0 Å². The van der Waals surface area contributed by atoms with Crippen molar-refractivity contribution in [3.8, 4) is 5.75 Å². The number of ether oxygens (including phenoxy) is 1. The van der Waals surface area contributed by atoms with Gasteiger partial charge in [-0.15, -0.1) is 0 Å². The first-order valence-corrected chi connectivity index (χ1v) is 7.54. The van der Waals surface area contributed by atoms with E-state index >= 15 is 0 Å². The Balaban J connectivity index is 1.93. The van der Waals surface area contributed by atoms with E-state index < -0.39 is 0 Å². The van der Waals surface area contributed by atoms with E-state index in [1.807, 2.05) is 0 Å². The number of nitrogens with zero attached hydrogens (tertiary/aromatic N) is 1. The molecule has 0 fully saturated rings. The van der Waals surface area contributed by atoms with E-state index in [2.05, 4.69) is 73.1 Å². The Hall–Kier alpha value is -2.22. The van der Waals surface area contributed by atoms with Crippen molar-refractivity contribution in [2.24, 2.45) is 0 Å². The Morgan fingerprint density at radius 3 is 2.71 bits per heavy atom. The third-order valence-electron chi connectivity index (χ3n) is 3.67. The number of aromatic nitrogens is 1. The average molecular weight is 279 g/mol. The monoisotopic (exact) mass is 279 g/mol. The van der Waals surface area contributed by atoms with E-state index in [1.54, 1.807) is 0 Å². The zero-order chi connectivity index (χ0) is 14.7. The molecule has 0 aliphatic heterocycles. The Morgan fingerprint density at radius 1 is 1.05 bits per heavy atom. The lowest BCUT2D eigenvalue weighted by molar-refractivity contribution is 0.321. The minimum atomic E-state index is 0.766. The molecule has 3 rings (SSSR count). The van der Waals surface area contributed by atoms with Crippen LogP contribution in [-0.2, 0) is 6.54 Å². The van der Waals surface area contributed by atoms with Crippen molar-refractivity contribution in [1.82, 2.24) is 4.57 Å². The van der Waals surface area contributed by atoms with E-state index in [4.69, 9.17) is 4.74 Å². The highest BCUT2D eigenvalue weighted by Crippen LogP contribution is 2.27. The summed E-state index contributed by atoms with van der Waals surface area (Å²) in [5, 5.41) is 1.19. The van der Waals surface area contributed by atoms with Crippen molar-refractivity contribution in [3.05, 3.63) is 65.9 Å². The molecule has 0 N–H and O–H groups in total. The van der Waals surface area contributed by atoms with Crippen LogP contribution in [0.1, 0.15) is 24.5 Å². The van der Waals surface area contributed by atoms with Crippen LogP contribution in [-0.4, -0.2) is 11.2 Å². The summed E-state index contributed by atoms with van der Waals surface area (Å²) in [5.41, 5.74) is 3.86. The zero-order valence-electron chi connectivity index (χ0n) is 12.7. The van der Waals surface area contributed by atoms with E-state index in [-0.39, 0.29) is 0 Å². The second-order valence-electron chi connectivity index (χ2n) is 5.47. The van der Waals surface area contributed by atoms with Crippen LogP contribution in [0.15, 0.2) is 54.7 Å². The van der Waals surface area contributed by atoms with Gasteiger partial charge in [0.1, 0.15) is 5.75 Å². The molecule has 1 aromatic heterocycles. The molecular weight excluding hydrogens is 258 g/mol. The average Bonchev–Trinajstić information content (AvgIpc) is 2.89. The number of aryl methyl sites for hydroxylation is 1. The van der Waals surface area contributed by atoms with Crippen LogP contribution < -0.4 is 4.74 Å². The van der Waals surface area contributed by atoms with Crippen molar-refractivity contribution in [2.45, 2.75) is 26.8 Å². The van der Waals surface area contributed by atoms with Gasteiger partial charge in [0.2, 0.25) is 0 Å². The van der Waals surface area contributed by atoms with Crippen LogP contribution in [0.4, 0.5) is 0 Å². The Labute approximate surface area is 126 Å². The number of rotatable bonds is 5. The van der Waals surface area contributed by atoms with Crippen molar-refractivity contribution >= 4 is 10.9 Å². The molecule has 0 unspecified atom stereocenters. The van der Waals surface area contributed by atoms with Gasteiger partial charge in [0.15, 0.2) is 0 Å². The molecule has 3 aromatic rings. The third-order valence-corrected chi connectivity index (χ3v) is 3.67. The number of hydrogen-bond acceptors (Lipinski definition) is 1. The maximum atomic E-state index is 5.84. The first kappa shape index (κ1) is 13.7. The Morgan fingerprint density at radius 2 is 1.90 bits per heavy atom.